The molecule has 6 rings (SSSR count). The number of aliphatic hydroxyl groups excluding tert-OH is 1. The molecule has 4 aliphatic rings. The summed E-state index contributed by atoms with van der Waals surface area (Å²) < 4.78 is 11.1. The summed E-state index contributed by atoms with van der Waals surface area (Å²) in [6.45, 7) is 19.5. The third-order valence-electron chi connectivity index (χ3n) is 13.3. The van der Waals surface area contributed by atoms with E-state index in [1.807, 2.05) is 38.2 Å². The zero-order valence-corrected chi connectivity index (χ0v) is 39.1. The van der Waals surface area contributed by atoms with Gasteiger partial charge >= 0.3 is 35.0 Å². The standard InChI is InChI=1S/C50H64N4O5.Mg/c1-12-34-30(7)37-24-39-32(9)36(20-21-43(55)59-23-22-29(6)19-15-18-28(5)17-14-16-27(3)4)47(53-39)45-46(50(57)58-11)49(56)44-33(10)40(54-48(44)45)26-42-35(13-2)31(8)38(52-42)25-41(34)51-37;/h1,22,24-28,32,34,36,46-47,49,56H,13-21,23H2,2-11H3;/q-4;+2/b29-22+,39-24-,40-26-,41-25-;/t28-,32-,34+,36-,46+,47?,49+;/m0./s1. The molecule has 2 aromatic rings. The van der Waals surface area contributed by atoms with Crippen molar-refractivity contribution in [2.24, 2.45) is 35.5 Å². The number of aromatic nitrogens is 2. The molecule has 60 heavy (non-hydrogen) atoms. The van der Waals surface area contributed by atoms with Gasteiger partial charge < -0.3 is 35.2 Å². The number of nitrogens with zero attached hydrogens (tertiary/aromatic N) is 4. The van der Waals surface area contributed by atoms with Crippen LogP contribution in [0.2, 0.25) is 0 Å². The van der Waals surface area contributed by atoms with E-state index in [1.54, 1.807) is 0 Å². The number of esters is 2. The third kappa shape index (κ3) is 9.74. The molecule has 0 radical (unpaired) electrons. The van der Waals surface area contributed by atoms with Gasteiger partial charge in [0.1, 0.15) is 12.5 Å². The van der Waals surface area contributed by atoms with E-state index < -0.39 is 24.0 Å². The SMILES string of the molecule is C#C[C@@H]1C(C)=C2/C=C3\[N-]C(C4=c5[n-]/c(c(C)c5[C@@H](O)[C@@H]4C(=O)OC)=C\c4[n-]c(c(C)c4CC)/C=C/1[N-]2)[C@@H](CCC(=O)OC/C=C(\C)CCC[C@@H](C)CCCC(C)C)[C@@H]3C.[Mg+2]. The molecule has 1 unspecified atom stereocenters. The maximum Gasteiger partial charge on any atom is 2.00 e. The van der Waals surface area contributed by atoms with Crippen LogP contribution in [0.5, 0.6) is 0 Å². The molecule has 2 aromatic heterocycles. The quantitative estimate of drug-likeness (QED) is 0.0829. The maximum atomic E-state index is 13.6. The van der Waals surface area contributed by atoms with Crippen molar-refractivity contribution in [1.82, 2.24) is 9.97 Å². The second-order valence-electron chi connectivity index (χ2n) is 17.8. The van der Waals surface area contributed by atoms with Gasteiger partial charge in [-0.3, -0.25) is 9.59 Å². The number of fused-ring (bicyclic) bond motifs is 8. The molecule has 8 bridgehead atoms. The number of hydrogen-bond acceptors (Lipinski definition) is 5. The van der Waals surface area contributed by atoms with E-state index in [4.69, 9.17) is 36.5 Å². The van der Waals surface area contributed by atoms with Crippen molar-refractivity contribution >= 4 is 52.7 Å². The molecule has 0 saturated carbocycles. The minimum Gasteiger partial charge on any atom is -0.681 e. The van der Waals surface area contributed by atoms with Gasteiger partial charge in [-0.1, -0.05) is 124 Å². The summed E-state index contributed by atoms with van der Waals surface area (Å²) >= 11 is 0. The Kier molecular flexibility index (Phi) is 16.0. The number of carbonyl (C=O) groups is 2. The van der Waals surface area contributed by atoms with Crippen molar-refractivity contribution in [2.75, 3.05) is 13.7 Å². The van der Waals surface area contributed by atoms with Gasteiger partial charge in [-0.2, -0.15) is 5.70 Å². The fraction of sp³-hybridized carbons (Fsp3) is 0.560. The van der Waals surface area contributed by atoms with E-state index in [1.165, 1.54) is 38.4 Å². The number of carbonyl (C=O) groups excluding carboxylic acids is 2. The van der Waals surface area contributed by atoms with E-state index in [-0.39, 0.29) is 59.8 Å². The molecule has 9 nitrogen and oxygen atoms in total. The van der Waals surface area contributed by atoms with Crippen LogP contribution < -0.4 is 20.7 Å². The van der Waals surface area contributed by atoms with Gasteiger partial charge in [-0.25, -0.2) is 0 Å². The predicted octanol–water partition coefficient (Wildman–Crippen LogP) is 8.27. The van der Waals surface area contributed by atoms with Gasteiger partial charge in [0.25, 0.3) is 0 Å². The van der Waals surface area contributed by atoms with E-state index in [0.29, 0.717) is 28.3 Å². The van der Waals surface area contributed by atoms with Crippen LogP contribution in [0.4, 0.5) is 0 Å². The summed E-state index contributed by atoms with van der Waals surface area (Å²) in [5.74, 6) is 1.94. The van der Waals surface area contributed by atoms with Gasteiger partial charge in [-0.15, -0.1) is 39.9 Å². The van der Waals surface area contributed by atoms with E-state index >= 15 is 0 Å². The molecular weight excluding hydrogens is 761 g/mol. The van der Waals surface area contributed by atoms with Crippen molar-refractivity contribution in [3.8, 4) is 12.3 Å². The summed E-state index contributed by atoms with van der Waals surface area (Å²) in [4.78, 5) is 37.2. The van der Waals surface area contributed by atoms with Crippen molar-refractivity contribution in [1.29, 1.82) is 0 Å². The van der Waals surface area contributed by atoms with Crippen molar-refractivity contribution in [3.05, 3.63) is 95.4 Å². The Morgan fingerprint density at radius 3 is 2.40 bits per heavy atom. The fourth-order valence-corrected chi connectivity index (χ4v) is 9.60. The van der Waals surface area contributed by atoms with E-state index in [0.717, 1.165) is 81.8 Å². The number of allylic oxidation sites excluding steroid dienone is 4. The first kappa shape index (κ1) is 47.1. The largest absolute Gasteiger partial charge is 2.00 e. The van der Waals surface area contributed by atoms with Gasteiger partial charge in [0.05, 0.1) is 13.2 Å². The molecule has 1 saturated heterocycles. The van der Waals surface area contributed by atoms with Crippen LogP contribution in [0.1, 0.15) is 140 Å². The van der Waals surface area contributed by atoms with Crippen molar-refractivity contribution in [3.63, 3.8) is 0 Å². The zero-order valence-electron chi connectivity index (χ0n) is 37.7. The Morgan fingerprint density at radius 1 is 0.983 bits per heavy atom. The summed E-state index contributed by atoms with van der Waals surface area (Å²) in [5, 5.41) is 23.6. The number of terminal acetylenes is 1. The number of aliphatic hydroxyl groups is 1. The Bertz CT molecular complexity index is 2230. The van der Waals surface area contributed by atoms with E-state index in [2.05, 4.69) is 54.4 Å². The number of ether oxygens (including phenoxy) is 2. The first-order valence-corrected chi connectivity index (χ1v) is 21.8. The number of methoxy groups -OCH3 is 1. The first-order chi connectivity index (χ1) is 28.2. The molecule has 0 spiro atoms. The summed E-state index contributed by atoms with van der Waals surface area (Å²) in [6, 6.07) is -0.563. The monoisotopic (exact) mass is 824 g/mol. The molecule has 7 atom stereocenters. The molecular formula is C50H64MgN4O5-2. The molecule has 1 aliphatic carbocycles. The molecule has 1 N–H and O–H groups in total. The molecule has 1 fully saturated rings. The minimum atomic E-state index is -1.17. The van der Waals surface area contributed by atoms with Crippen LogP contribution >= 0.6 is 0 Å². The smallest absolute Gasteiger partial charge is 0.681 e. The Balaban J connectivity index is 0.00000683. The Labute approximate surface area is 374 Å². The summed E-state index contributed by atoms with van der Waals surface area (Å²) in [5.41, 5.74) is 10.3. The summed E-state index contributed by atoms with van der Waals surface area (Å²) in [7, 11) is 1.34. The molecule has 3 aliphatic heterocycles. The van der Waals surface area contributed by atoms with Crippen LogP contribution in [0.15, 0.2) is 40.4 Å². The summed E-state index contributed by atoms with van der Waals surface area (Å²) in [6.07, 6.45) is 21.6. The average Bonchev–Trinajstić information content (AvgIpc) is 3.94. The number of hydrogen-bond donors (Lipinski definition) is 1. The van der Waals surface area contributed by atoms with Gasteiger partial charge in [0, 0.05) is 12.3 Å². The Morgan fingerprint density at radius 2 is 1.72 bits per heavy atom. The molecule has 0 aromatic carbocycles. The zero-order chi connectivity index (χ0) is 42.7. The van der Waals surface area contributed by atoms with Gasteiger partial charge in [0.15, 0.2) is 0 Å². The maximum absolute atomic E-state index is 13.6. The first-order valence-electron chi connectivity index (χ1n) is 21.8. The minimum absolute atomic E-state index is 0. The molecule has 5 heterocycles. The molecule has 0 amide bonds. The van der Waals surface area contributed by atoms with Crippen LogP contribution in [-0.4, -0.2) is 59.9 Å². The van der Waals surface area contributed by atoms with E-state index in [9.17, 15) is 14.7 Å². The second kappa shape index (κ2) is 20.3. The van der Waals surface area contributed by atoms with Crippen LogP contribution in [0.3, 0.4) is 0 Å². The van der Waals surface area contributed by atoms with Crippen molar-refractivity contribution in [2.45, 2.75) is 132 Å². The van der Waals surface area contributed by atoms with Crippen LogP contribution in [-0.2, 0) is 25.5 Å². The topological polar surface area (TPSA) is 129 Å². The third-order valence-corrected chi connectivity index (χ3v) is 13.3. The fourth-order valence-electron chi connectivity index (χ4n) is 9.60. The van der Waals surface area contributed by atoms with Gasteiger partial charge in [-0.05, 0) is 88.7 Å². The average molecular weight is 825 g/mol. The van der Waals surface area contributed by atoms with Gasteiger partial charge in [0.2, 0.25) is 0 Å². The van der Waals surface area contributed by atoms with Crippen molar-refractivity contribution < 1.29 is 24.2 Å². The second-order valence-corrected chi connectivity index (χ2v) is 17.8. The number of rotatable bonds is 15. The Hall–Kier alpha value is -3.91. The molecule has 318 valence electrons. The molecule has 10 heteroatoms. The van der Waals surface area contributed by atoms with Crippen LogP contribution in [0, 0.1) is 61.7 Å². The normalized spacial score (nSPS) is 25.9. The van der Waals surface area contributed by atoms with Crippen LogP contribution in [0.25, 0.3) is 28.4 Å². The predicted molar refractivity (Wildman–Crippen MR) is 241 cm³/mol.